The highest BCUT2D eigenvalue weighted by atomic mass is 19.4. The first-order chi connectivity index (χ1) is 10.9. The zero-order valence-electron chi connectivity index (χ0n) is 12.1. The number of carbonyl (C=O) groups is 2. The summed E-state index contributed by atoms with van der Waals surface area (Å²) in [5.74, 6) is -1.09. The van der Waals surface area contributed by atoms with E-state index in [2.05, 4.69) is 15.2 Å². The van der Waals surface area contributed by atoms with E-state index in [-0.39, 0.29) is 6.54 Å². The first-order valence-corrected chi connectivity index (χ1v) is 6.37. The van der Waals surface area contributed by atoms with Gasteiger partial charge in [0, 0.05) is 12.6 Å². The Bertz CT molecular complexity index is 555. The molecule has 0 aromatic heterocycles. The van der Waals surface area contributed by atoms with Gasteiger partial charge in [-0.3, -0.25) is 4.79 Å². The molecule has 0 radical (unpaired) electrons. The van der Waals surface area contributed by atoms with Crippen LogP contribution < -0.4 is 16.1 Å². The maximum Gasteiger partial charge on any atom is 0.439 e. The summed E-state index contributed by atoms with van der Waals surface area (Å²) >= 11 is 0. The van der Waals surface area contributed by atoms with Gasteiger partial charge in [0.15, 0.2) is 6.61 Å². The van der Waals surface area contributed by atoms with Crippen LogP contribution in [0.3, 0.4) is 0 Å². The van der Waals surface area contributed by atoms with Gasteiger partial charge in [-0.15, -0.1) is 0 Å². The lowest BCUT2D eigenvalue weighted by atomic mass is 10.1. The van der Waals surface area contributed by atoms with E-state index in [1.807, 2.05) is 5.32 Å². The Balaban J connectivity index is 2.42. The molecule has 0 aromatic rings. The summed E-state index contributed by atoms with van der Waals surface area (Å²) in [5.41, 5.74) is -1.24. The van der Waals surface area contributed by atoms with E-state index < -0.39 is 48.3 Å². The number of carbonyl (C=O) groups excluding carboxylic acids is 2. The minimum Gasteiger partial charge on any atom is -0.440 e. The van der Waals surface area contributed by atoms with Crippen LogP contribution >= 0.6 is 0 Å². The highest BCUT2D eigenvalue weighted by molar-refractivity contribution is 6.23. The van der Waals surface area contributed by atoms with Gasteiger partial charge in [0.05, 0.1) is 0 Å². The van der Waals surface area contributed by atoms with Crippen LogP contribution in [-0.4, -0.2) is 49.3 Å². The molecule has 0 saturated carbocycles. The largest absolute Gasteiger partial charge is 0.440 e. The van der Waals surface area contributed by atoms with E-state index in [0.29, 0.717) is 0 Å². The van der Waals surface area contributed by atoms with E-state index in [4.69, 9.17) is 0 Å². The van der Waals surface area contributed by atoms with Gasteiger partial charge in [0.2, 0.25) is 5.71 Å². The number of rotatable bonds is 5. The molecule has 24 heavy (non-hydrogen) atoms. The number of quaternary nitrogens is 1. The summed E-state index contributed by atoms with van der Waals surface area (Å²) in [6, 6.07) is -0.882. The first-order valence-electron chi connectivity index (χ1n) is 6.37. The molecule has 0 aromatic carbocycles. The molecule has 0 saturated heterocycles. The van der Waals surface area contributed by atoms with Crippen LogP contribution in [0, 0.1) is 0 Å². The van der Waals surface area contributed by atoms with E-state index >= 15 is 0 Å². The van der Waals surface area contributed by atoms with Crippen molar-refractivity contribution < 1.29 is 46.1 Å². The monoisotopic (exact) mass is 363 g/mol. The molecule has 4 N–H and O–H groups in total. The summed E-state index contributed by atoms with van der Waals surface area (Å²) in [5, 5.41) is 7.14. The van der Waals surface area contributed by atoms with Crippen molar-refractivity contribution in [2.45, 2.75) is 25.3 Å². The molecule has 0 spiro atoms. The SMILES string of the molecule is CC(CNC(=O)C1=C[NH2+]N=C1C(F)(F)F)NC(=O)OCC(F)(F)F. The molecule has 0 aliphatic carbocycles. The van der Waals surface area contributed by atoms with Crippen molar-refractivity contribution in [1.29, 1.82) is 0 Å². The summed E-state index contributed by atoms with van der Waals surface area (Å²) in [4.78, 5) is 22.7. The fourth-order valence-corrected chi connectivity index (χ4v) is 1.53. The molecule has 0 bridgehead atoms. The number of hydrogen-bond acceptors (Lipinski definition) is 4. The minimum absolute atomic E-state index is 0.331. The molecule has 1 unspecified atom stereocenters. The number of nitrogens with zero attached hydrogens (tertiary/aromatic N) is 1. The van der Waals surface area contributed by atoms with Crippen LogP contribution in [0.15, 0.2) is 16.9 Å². The third-order valence-electron chi connectivity index (χ3n) is 2.51. The number of nitrogens with two attached hydrogens (primary N) is 1. The number of alkyl halides is 6. The third-order valence-corrected chi connectivity index (χ3v) is 2.51. The van der Waals surface area contributed by atoms with E-state index in [1.54, 1.807) is 0 Å². The number of halogens is 6. The van der Waals surface area contributed by atoms with Crippen LogP contribution in [0.4, 0.5) is 31.1 Å². The zero-order valence-corrected chi connectivity index (χ0v) is 12.1. The van der Waals surface area contributed by atoms with Crippen LogP contribution in [-0.2, 0) is 9.53 Å². The fourth-order valence-electron chi connectivity index (χ4n) is 1.53. The van der Waals surface area contributed by atoms with Gasteiger partial charge in [-0.05, 0) is 6.92 Å². The average molecular weight is 363 g/mol. The molecule has 1 aliphatic rings. The second-order valence-corrected chi connectivity index (χ2v) is 4.65. The third kappa shape index (κ3) is 6.44. The molecule has 136 valence electrons. The van der Waals surface area contributed by atoms with E-state index in [1.165, 1.54) is 6.92 Å². The molecule has 1 aliphatic heterocycles. The van der Waals surface area contributed by atoms with Gasteiger partial charge in [-0.1, -0.05) is 5.10 Å². The highest BCUT2D eigenvalue weighted by Crippen LogP contribution is 2.22. The lowest BCUT2D eigenvalue weighted by Gasteiger charge is -2.15. The van der Waals surface area contributed by atoms with Crippen molar-refractivity contribution in [2.75, 3.05) is 13.2 Å². The molecule has 7 nitrogen and oxygen atoms in total. The van der Waals surface area contributed by atoms with E-state index in [9.17, 15) is 35.9 Å². The summed E-state index contributed by atoms with van der Waals surface area (Å²) in [6.45, 7) is -0.808. The molecule has 1 atom stereocenters. The quantitative estimate of drug-likeness (QED) is 0.480. The molecular weight excluding hydrogens is 350 g/mol. The van der Waals surface area contributed by atoms with Gasteiger partial charge in [0.1, 0.15) is 11.8 Å². The van der Waals surface area contributed by atoms with Crippen molar-refractivity contribution in [3.63, 3.8) is 0 Å². The molecule has 2 amide bonds. The standard InChI is InChI=1S/C11H12F6N4O3/c1-5(20-9(23)24-4-10(12,13)14)2-18-8(22)6-3-19-21-7(6)11(15,16)17/h3,5H,2,4H2,1H3,(H,18,22)(H,19,21)(H,20,23)/p+1. The topological polar surface area (TPSA) is 96.4 Å². The second kappa shape index (κ2) is 7.51. The van der Waals surface area contributed by atoms with Crippen LogP contribution in [0.25, 0.3) is 0 Å². The molecular formula is C11H13F6N4O3+. The predicted molar refractivity (Wildman–Crippen MR) is 66.5 cm³/mol. The molecule has 0 fully saturated rings. The molecule has 1 heterocycles. The average Bonchev–Trinajstić information content (AvgIpc) is 2.91. The Kier molecular flexibility index (Phi) is 6.17. The van der Waals surface area contributed by atoms with Crippen LogP contribution in [0.5, 0.6) is 0 Å². The fraction of sp³-hybridized carbons (Fsp3) is 0.545. The summed E-state index contributed by atoms with van der Waals surface area (Å²) < 4.78 is 77.1. The van der Waals surface area contributed by atoms with Gasteiger partial charge in [0.25, 0.3) is 5.91 Å². The summed E-state index contributed by atoms with van der Waals surface area (Å²) in [6.07, 6.45) is -10.00. The van der Waals surface area contributed by atoms with Gasteiger partial charge in [-0.25, -0.2) is 4.79 Å². The minimum atomic E-state index is -4.80. The number of ether oxygens (including phenoxy) is 1. The number of amides is 2. The maximum absolute atomic E-state index is 12.6. The summed E-state index contributed by atoms with van der Waals surface area (Å²) in [7, 11) is 0. The second-order valence-electron chi connectivity index (χ2n) is 4.65. The van der Waals surface area contributed by atoms with Gasteiger partial charge >= 0.3 is 18.4 Å². The molecule has 13 heteroatoms. The van der Waals surface area contributed by atoms with Crippen molar-refractivity contribution in [3.8, 4) is 0 Å². The smallest absolute Gasteiger partial charge is 0.439 e. The Hall–Kier alpha value is -2.31. The highest BCUT2D eigenvalue weighted by Gasteiger charge is 2.44. The van der Waals surface area contributed by atoms with Crippen molar-refractivity contribution in [3.05, 3.63) is 11.8 Å². The first kappa shape index (κ1) is 19.7. The number of nitrogens with one attached hydrogen (secondary N) is 2. The Morgan fingerprint density at radius 2 is 1.92 bits per heavy atom. The Labute approximate surface area is 131 Å². The van der Waals surface area contributed by atoms with Crippen molar-refractivity contribution >= 4 is 17.7 Å². The normalized spacial score (nSPS) is 16.1. The number of alkyl carbamates (subject to hydrolysis) is 1. The Morgan fingerprint density at radius 3 is 2.46 bits per heavy atom. The predicted octanol–water partition coefficient (Wildman–Crippen LogP) is 0.159. The lowest BCUT2D eigenvalue weighted by Crippen LogP contribution is -2.69. The zero-order chi connectivity index (χ0) is 18.5. The van der Waals surface area contributed by atoms with Gasteiger partial charge in [-0.2, -0.15) is 31.8 Å². The maximum atomic E-state index is 12.6. The van der Waals surface area contributed by atoms with Crippen LogP contribution in [0.1, 0.15) is 6.92 Å². The van der Waals surface area contributed by atoms with Crippen molar-refractivity contribution in [2.24, 2.45) is 5.10 Å². The van der Waals surface area contributed by atoms with Gasteiger partial charge < -0.3 is 15.4 Å². The Morgan fingerprint density at radius 1 is 1.29 bits per heavy atom. The van der Waals surface area contributed by atoms with E-state index in [0.717, 1.165) is 11.6 Å². The number of hydrogen-bond donors (Lipinski definition) is 3. The lowest BCUT2D eigenvalue weighted by molar-refractivity contribution is -0.590. The molecule has 1 rings (SSSR count). The van der Waals surface area contributed by atoms with Crippen molar-refractivity contribution in [1.82, 2.24) is 10.6 Å². The van der Waals surface area contributed by atoms with Crippen LogP contribution in [0.2, 0.25) is 0 Å².